The van der Waals surface area contributed by atoms with Crippen LogP contribution in [0.5, 0.6) is 0 Å². The van der Waals surface area contributed by atoms with E-state index >= 15 is 0 Å². The summed E-state index contributed by atoms with van der Waals surface area (Å²) in [5.74, 6) is 0.444. The van der Waals surface area contributed by atoms with Crippen LogP contribution in [0.2, 0.25) is 0 Å². The van der Waals surface area contributed by atoms with Crippen molar-refractivity contribution >= 4 is 23.2 Å². The molecule has 1 aliphatic carbocycles. The first-order valence-corrected chi connectivity index (χ1v) is 9.84. The molecule has 0 radical (unpaired) electrons. The smallest absolute Gasteiger partial charge is 0.348 e. The lowest BCUT2D eigenvalue weighted by molar-refractivity contribution is -0.135. The predicted octanol–water partition coefficient (Wildman–Crippen LogP) is 3.57. The van der Waals surface area contributed by atoms with Gasteiger partial charge in [0.1, 0.15) is 10.6 Å². The first-order chi connectivity index (χ1) is 13.1. The Bertz CT molecular complexity index is 835. The number of hydrogen-bond acceptors (Lipinski definition) is 6. The molecule has 0 N–H and O–H groups in total. The van der Waals surface area contributed by atoms with E-state index in [-0.39, 0.29) is 32.0 Å². The van der Waals surface area contributed by atoms with Gasteiger partial charge in [-0.2, -0.15) is 5.26 Å². The van der Waals surface area contributed by atoms with E-state index in [1.54, 1.807) is 12.1 Å². The van der Waals surface area contributed by atoms with Gasteiger partial charge in [0, 0.05) is 11.4 Å². The Kier molecular flexibility index (Phi) is 6.30. The van der Waals surface area contributed by atoms with Crippen LogP contribution in [0.1, 0.15) is 45.6 Å². The summed E-state index contributed by atoms with van der Waals surface area (Å²) in [5, 5.41) is 8.79. The van der Waals surface area contributed by atoms with Gasteiger partial charge in [-0.15, -0.1) is 11.3 Å². The third-order valence-electron chi connectivity index (χ3n) is 4.63. The molecule has 0 aliphatic heterocycles. The van der Waals surface area contributed by atoms with Crippen molar-refractivity contribution in [3.63, 3.8) is 0 Å². The fraction of sp³-hybridized carbons (Fsp3) is 0.450. The van der Waals surface area contributed by atoms with Gasteiger partial charge in [-0.25, -0.2) is 4.79 Å². The maximum atomic E-state index is 12.4. The zero-order valence-corrected chi connectivity index (χ0v) is 16.1. The standard InChI is InChI=1S/C20H22N2O4S/c1-14-5-6-17-15(10-14)11-18(27-17)20(24)26-13-19(23)22(8-3-7-21)12-16-4-2-9-25-16/h2,4,9,11,14H,3,5-6,8,10,12-13H2,1H3/t14-/m0/s1. The number of rotatable bonds is 7. The van der Waals surface area contributed by atoms with Crippen LogP contribution < -0.4 is 0 Å². The lowest BCUT2D eigenvalue weighted by atomic mass is 9.90. The quantitative estimate of drug-likeness (QED) is 0.679. The molecule has 0 saturated heterocycles. The highest BCUT2D eigenvalue weighted by Gasteiger charge is 2.23. The number of nitriles is 1. The van der Waals surface area contributed by atoms with E-state index in [9.17, 15) is 9.59 Å². The third-order valence-corrected chi connectivity index (χ3v) is 5.85. The summed E-state index contributed by atoms with van der Waals surface area (Å²) in [6, 6.07) is 7.42. The molecule has 0 spiro atoms. The lowest BCUT2D eigenvalue weighted by Crippen LogP contribution is -2.34. The Morgan fingerprint density at radius 2 is 2.33 bits per heavy atom. The van der Waals surface area contributed by atoms with Gasteiger partial charge in [0.15, 0.2) is 6.61 Å². The highest BCUT2D eigenvalue weighted by Crippen LogP contribution is 2.32. The molecule has 6 nitrogen and oxygen atoms in total. The van der Waals surface area contributed by atoms with E-state index in [1.165, 1.54) is 32.9 Å². The summed E-state index contributed by atoms with van der Waals surface area (Å²) < 4.78 is 10.5. The number of fused-ring (bicyclic) bond motifs is 1. The Morgan fingerprint density at radius 3 is 3.07 bits per heavy atom. The molecular formula is C20H22N2O4S. The minimum absolute atomic E-state index is 0.205. The highest BCUT2D eigenvalue weighted by atomic mass is 32.1. The maximum absolute atomic E-state index is 12.4. The average molecular weight is 386 g/mol. The molecule has 3 rings (SSSR count). The number of carbonyl (C=O) groups excluding carboxylic acids is 2. The third kappa shape index (κ3) is 4.98. The topological polar surface area (TPSA) is 83.5 Å². The maximum Gasteiger partial charge on any atom is 0.348 e. The Labute approximate surface area is 162 Å². The van der Waals surface area contributed by atoms with Gasteiger partial charge >= 0.3 is 5.97 Å². The van der Waals surface area contributed by atoms with Crippen LogP contribution in [0, 0.1) is 17.2 Å². The van der Waals surface area contributed by atoms with Crippen molar-refractivity contribution in [1.29, 1.82) is 5.26 Å². The van der Waals surface area contributed by atoms with Crippen molar-refractivity contribution in [2.24, 2.45) is 5.92 Å². The molecule has 2 aromatic rings. The van der Waals surface area contributed by atoms with Crippen LogP contribution in [0.15, 0.2) is 28.9 Å². The molecule has 0 bridgehead atoms. The van der Waals surface area contributed by atoms with Gasteiger partial charge in [-0.3, -0.25) is 4.79 Å². The second kappa shape index (κ2) is 8.87. The van der Waals surface area contributed by atoms with Crippen molar-refractivity contribution < 1.29 is 18.7 Å². The van der Waals surface area contributed by atoms with Gasteiger partial charge in [0.2, 0.25) is 0 Å². The monoisotopic (exact) mass is 386 g/mol. The van der Waals surface area contributed by atoms with E-state index in [2.05, 4.69) is 6.92 Å². The first-order valence-electron chi connectivity index (χ1n) is 9.02. The van der Waals surface area contributed by atoms with Crippen LogP contribution in [0.3, 0.4) is 0 Å². The van der Waals surface area contributed by atoms with Crippen molar-refractivity contribution in [1.82, 2.24) is 4.90 Å². The number of furan rings is 1. The highest BCUT2D eigenvalue weighted by molar-refractivity contribution is 7.14. The summed E-state index contributed by atoms with van der Waals surface area (Å²) in [6.07, 6.45) is 4.86. The zero-order valence-electron chi connectivity index (χ0n) is 15.3. The fourth-order valence-corrected chi connectivity index (χ4v) is 4.27. The van der Waals surface area contributed by atoms with Gasteiger partial charge in [-0.05, 0) is 48.9 Å². The zero-order chi connectivity index (χ0) is 19.2. The largest absolute Gasteiger partial charge is 0.467 e. The van der Waals surface area contributed by atoms with Gasteiger partial charge in [0.05, 0.1) is 25.3 Å². The summed E-state index contributed by atoms with van der Waals surface area (Å²) in [4.78, 5) is 28.1. The number of carbonyl (C=O) groups is 2. The number of aryl methyl sites for hydroxylation is 1. The van der Waals surface area contributed by atoms with Crippen LogP contribution >= 0.6 is 11.3 Å². The second-order valence-electron chi connectivity index (χ2n) is 6.79. The molecule has 1 amide bonds. The lowest BCUT2D eigenvalue weighted by Gasteiger charge is -2.20. The van der Waals surface area contributed by atoms with E-state index in [0.29, 0.717) is 16.6 Å². The summed E-state index contributed by atoms with van der Waals surface area (Å²) >= 11 is 1.47. The SMILES string of the molecule is C[C@H]1CCc2sc(C(=O)OCC(=O)N(CCC#N)Cc3ccco3)cc2C1. The van der Waals surface area contributed by atoms with Gasteiger partial charge < -0.3 is 14.1 Å². The number of ether oxygens (including phenoxy) is 1. The molecule has 142 valence electrons. The number of hydrogen-bond donors (Lipinski definition) is 0. The Balaban J connectivity index is 1.57. The van der Waals surface area contributed by atoms with Crippen molar-refractivity contribution in [2.75, 3.05) is 13.2 Å². The minimum Gasteiger partial charge on any atom is -0.467 e. The van der Waals surface area contributed by atoms with Crippen LogP contribution in [0.25, 0.3) is 0 Å². The molecule has 2 aromatic heterocycles. The molecule has 2 heterocycles. The summed E-state index contributed by atoms with van der Waals surface area (Å²) in [6.45, 7) is 2.38. The van der Waals surface area contributed by atoms with Crippen LogP contribution in [0.4, 0.5) is 0 Å². The predicted molar refractivity (Wildman–Crippen MR) is 100 cm³/mol. The molecule has 1 aliphatic rings. The van der Waals surface area contributed by atoms with E-state index in [0.717, 1.165) is 19.3 Å². The number of thiophene rings is 1. The molecule has 0 aromatic carbocycles. The summed E-state index contributed by atoms with van der Waals surface area (Å²) in [7, 11) is 0. The van der Waals surface area contributed by atoms with Gasteiger partial charge in [0.25, 0.3) is 5.91 Å². The Morgan fingerprint density at radius 1 is 1.48 bits per heavy atom. The Hall–Kier alpha value is -2.59. The summed E-state index contributed by atoms with van der Waals surface area (Å²) in [5.41, 5.74) is 1.23. The van der Waals surface area contributed by atoms with Crippen molar-refractivity contribution in [3.05, 3.63) is 45.5 Å². The van der Waals surface area contributed by atoms with E-state index in [4.69, 9.17) is 14.4 Å². The number of nitrogens with zero attached hydrogens (tertiary/aromatic N) is 2. The fourth-order valence-electron chi connectivity index (χ4n) is 3.16. The molecular weight excluding hydrogens is 364 g/mol. The molecule has 1 atom stereocenters. The van der Waals surface area contributed by atoms with Crippen LogP contribution in [-0.2, 0) is 28.9 Å². The van der Waals surface area contributed by atoms with E-state index < -0.39 is 5.97 Å². The van der Waals surface area contributed by atoms with Crippen molar-refractivity contribution in [2.45, 2.75) is 39.2 Å². The average Bonchev–Trinajstić information content (AvgIpc) is 3.31. The minimum atomic E-state index is -0.464. The molecule has 0 unspecified atom stereocenters. The first kappa shape index (κ1) is 19.2. The van der Waals surface area contributed by atoms with Crippen LogP contribution in [-0.4, -0.2) is 29.9 Å². The van der Waals surface area contributed by atoms with Gasteiger partial charge in [-0.1, -0.05) is 6.92 Å². The molecule has 0 saturated carbocycles. The number of amides is 1. The van der Waals surface area contributed by atoms with Crippen molar-refractivity contribution in [3.8, 4) is 6.07 Å². The molecule has 27 heavy (non-hydrogen) atoms. The van der Waals surface area contributed by atoms with E-state index in [1.807, 2.05) is 12.1 Å². The second-order valence-corrected chi connectivity index (χ2v) is 7.92. The molecule has 0 fully saturated rings. The number of esters is 1. The normalized spacial score (nSPS) is 15.6. The molecule has 7 heteroatoms.